The van der Waals surface area contributed by atoms with Crippen molar-refractivity contribution in [1.82, 2.24) is 0 Å². The number of hydrogen-bond acceptors (Lipinski definition) is 4. The number of ether oxygens (including phenoxy) is 2. The van der Waals surface area contributed by atoms with Crippen LogP contribution in [0.2, 0.25) is 0 Å². The van der Waals surface area contributed by atoms with Gasteiger partial charge in [0.1, 0.15) is 5.94 Å². The van der Waals surface area contributed by atoms with Crippen molar-refractivity contribution in [1.29, 1.82) is 0 Å². The topological polar surface area (TPSA) is 72.8 Å². The second kappa shape index (κ2) is 5.31. The minimum atomic E-state index is -1.99. The summed E-state index contributed by atoms with van der Waals surface area (Å²) in [4.78, 5) is 11.1. The molecule has 1 unspecified atom stereocenters. The number of esters is 1. The second-order valence-electron chi connectivity index (χ2n) is 3.16. The normalized spacial score (nSPS) is 13.8. The van der Waals surface area contributed by atoms with Crippen molar-refractivity contribution in [2.24, 2.45) is 5.41 Å². The molecule has 0 aromatic carbocycles. The van der Waals surface area contributed by atoms with Gasteiger partial charge in [0.15, 0.2) is 11.1 Å². The van der Waals surface area contributed by atoms with Gasteiger partial charge in [0.25, 0.3) is 0 Å². The van der Waals surface area contributed by atoms with Gasteiger partial charge in [-0.15, -0.1) is 0 Å². The third kappa shape index (κ3) is 4.97. The third-order valence-electron chi connectivity index (χ3n) is 1.39. The van der Waals surface area contributed by atoms with Gasteiger partial charge < -0.3 is 14.0 Å². The molecule has 0 heterocycles. The molecule has 13 heavy (non-hydrogen) atoms. The molecule has 0 aromatic rings. The van der Waals surface area contributed by atoms with Gasteiger partial charge >= 0.3 is 5.97 Å². The highest BCUT2D eigenvalue weighted by Crippen LogP contribution is 2.17. The maximum atomic E-state index is 11.1. The first-order chi connectivity index (χ1) is 5.90. The van der Waals surface area contributed by atoms with Crippen LogP contribution in [0.5, 0.6) is 0 Å². The fourth-order valence-corrected chi connectivity index (χ4v) is 0.929. The maximum absolute atomic E-state index is 11.1. The van der Waals surface area contributed by atoms with Crippen LogP contribution < -0.4 is 0 Å². The smallest absolute Gasteiger partial charge is 0.313 e. The fourth-order valence-electron chi connectivity index (χ4n) is 0.703. The lowest BCUT2D eigenvalue weighted by atomic mass is 9.95. The fraction of sp³-hybridized carbons (Fsp3) is 0.857. The molecule has 5 nitrogen and oxygen atoms in total. The average Bonchev–Trinajstić information content (AvgIpc) is 2.01. The molecule has 0 saturated heterocycles. The molecule has 0 bridgehead atoms. The van der Waals surface area contributed by atoms with Gasteiger partial charge in [-0.05, 0) is 13.8 Å². The van der Waals surface area contributed by atoms with E-state index in [1.165, 1.54) is 7.11 Å². The summed E-state index contributed by atoms with van der Waals surface area (Å²) in [6, 6.07) is 0. The Balaban J connectivity index is 3.89. The number of hydrogen-bond donors (Lipinski definition) is 1. The van der Waals surface area contributed by atoms with Crippen LogP contribution in [0.3, 0.4) is 0 Å². The molecule has 0 aliphatic rings. The predicted molar refractivity (Wildman–Crippen MR) is 47.4 cm³/mol. The molecule has 1 N–H and O–H groups in total. The number of carbonyl (C=O) groups is 1. The first-order valence-corrected chi connectivity index (χ1v) is 4.91. The van der Waals surface area contributed by atoms with Gasteiger partial charge in [-0.3, -0.25) is 4.79 Å². The lowest BCUT2D eigenvalue weighted by molar-refractivity contribution is -0.153. The van der Waals surface area contributed by atoms with Crippen LogP contribution in [0, 0.1) is 5.41 Å². The average molecular weight is 210 g/mol. The summed E-state index contributed by atoms with van der Waals surface area (Å²) >= 11 is -1.99. The van der Waals surface area contributed by atoms with Crippen molar-refractivity contribution < 1.29 is 23.0 Å². The molecule has 0 fully saturated rings. The van der Waals surface area contributed by atoms with Gasteiger partial charge in [0, 0.05) is 0 Å². The Labute approximate surface area is 79.7 Å². The van der Waals surface area contributed by atoms with E-state index in [4.69, 9.17) is 9.29 Å². The van der Waals surface area contributed by atoms with Crippen LogP contribution in [0.1, 0.15) is 13.8 Å². The Morgan fingerprint density at radius 1 is 1.54 bits per heavy atom. The first kappa shape index (κ1) is 12.5. The first-order valence-electron chi connectivity index (χ1n) is 3.64. The van der Waals surface area contributed by atoms with Crippen LogP contribution in [-0.4, -0.2) is 34.4 Å². The van der Waals surface area contributed by atoms with Gasteiger partial charge in [-0.2, -0.15) is 0 Å². The molecular weight excluding hydrogens is 196 g/mol. The van der Waals surface area contributed by atoms with Crippen molar-refractivity contribution >= 4 is 17.0 Å². The minimum absolute atomic E-state index is 0.0615. The summed E-state index contributed by atoms with van der Waals surface area (Å²) in [5, 5.41) is 0. The molecule has 0 aromatic heterocycles. The van der Waals surface area contributed by atoms with Crippen LogP contribution in [0.4, 0.5) is 0 Å². The highest BCUT2D eigenvalue weighted by Gasteiger charge is 2.29. The highest BCUT2D eigenvalue weighted by atomic mass is 32.2. The number of methoxy groups -OCH3 is 1. The second-order valence-corrected chi connectivity index (χ2v) is 4.04. The molecule has 0 rings (SSSR count). The Bertz CT molecular complexity index is 201. The Morgan fingerprint density at radius 2 is 2.08 bits per heavy atom. The third-order valence-corrected chi connectivity index (χ3v) is 1.75. The standard InChI is InChI=1S/C7H14O5S/c1-7(2,6(8)11-3)4-12-5-13(9)10/h4-5H2,1-3H3,(H,9,10). The van der Waals surface area contributed by atoms with Crippen molar-refractivity contribution in [3.63, 3.8) is 0 Å². The van der Waals surface area contributed by atoms with E-state index in [1.807, 2.05) is 0 Å². The molecule has 0 aliphatic heterocycles. The molecule has 0 amide bonds. The van der Waals surface area contributed by atoms with Crippen molar-refractivity contribution in [2.75, 3.05) is 19.7 Å². The van der Waals surface area contributed by atoms with Crippen LogP contribution in [-0.2, 0) is 25.3 Å². The van der Waals surface area contributed by atoms with E-state index < -0.39 is 22.5 Å². The summed E-state index contributed by atoms with van der Waals surface area (Å²) in [5.74, 6) is -0.698. The van der Waals surface area contributed by atoms with Gasteiger partial charge in [0.2, 0.25) is 0 Å². The van der Waals surface area contributed by atoms with E-state index in [0.717, 1.165) is 0 Å². The van der Waals surface area contributed by atoms with Crippen molar-refractivity contribution in [2.45, 2.75) is 13.8 Å². The lowest BCUT2D eigenvalue weighted by Crippen LogP contribution is -2.31. The molecule has 1 atom stereocenters. The quantitative estimate of drug-likeness (QED) is 0.524. The Hall–Kier alpha value is -0.460. The largest absolute Gasteiger partial charge is 0.469 e. The molecule has 78 valence electrons. The summed E-state index contributed by atoms with van der Waals surface area (Å²) < 4.78 is 27.9. The van der Waals surface area contributed by atoms with E-state index >= 15 is 0 Å². The highest BCUT2D eigenvalue weighted by molar-refractivity contribution is 7.79. The van der Waals surface area contributed by atoms with Gasteiger partial charge in [0.05, 0.1) is 19.1 Å². The van der Waals surface area contributed by atoms with Crippen LogP contribution in [0.25, 0.3) is 0 Å². The van der Waals surface area contributed by atoms with E-state index in [1.54, 1.807) is 13.8 Å². The summed E-state index contributed by atoms with van der Waals surface area (Å²) in [6.07, 6.45) is 0. The van der Waals surface area contributed by atoms with Crippen molar-refractivity contribution in [3.8, 4) is 0 Å². The monoisotopic (exact) mass is 210 g/mol. The molecule has 0 aliphatic carbocycles. The van der Waals surface area contributed by atoms with Crippen LogP contribution >= 0.6 is 0 Å². The summed E-state index contributed by atoms with van der Waals surface area (Å²) in [6.45, 7) is 3.34. The number of carbonyl (C=O) groups excluding carboxylic acids is 1. The van der Waals surface area contributed by atoms with Gasteiger partial charge in [-0.1, -0.05) is 0 Å². The molecule has 0 saturated carbocycles. The number of rotatable bonds is 5. The Kier molecular flexibility index (Phi) is 5.12. The van der Waals surface area contributed by atoms with E-state index in [-0.39, 0.29) is 12.5 Å². The molecule has 0 radical (unpaired) electrons. The van der Waals surface area contributed by atoms with Gasteiger partial charge in [-0.25, -0.2) is 4.21 Å². The lowest BCUT2D eigenvalue weighted by Gasteiger charge is -2.20. The summed E-state index contributed by atoms with van der Waals surface area (Å²) in [5.41, 5.74) is -0.784. The maximum Gasteiger partial charge on any atom is 0.313 e. The summed E-state index contributed by atoms with van der Waals surface area (Å²) in [7, 11) is 1.29. The SMILES string of the molecule is COC(=O)C(C)(C)COCS(=O)O. The predicted octanol–water partition coefficient (Wildman–Crippen LogP) is 0.381. The Morgan fingerprint density at radius 3 is 2.46 bits per heavy atom. The molecular formula is C7H14O5S. The zero-order valence-corrected chi connectivity index (χ0v) is 8.72. The van der Waals surface area contributed by atoms with E-state index in [0.29, 0.717) is 0 Å². The zero-order valence-electron chi connectivity index (χ0n) is 7.90. The zero-order chi connectivity index (χ0) is 10.5. The van der Waals surface area contributed by atoms with E-state index in [9.17, 15) is 9.00 Å². The molecule has 0 spiro atoms. The van der Waals surface area contributed by atoms with E-state index in [2.05, 4.69) is 4.74 Å². The molecule has 6 heteroatoms. The van der Waals surface area contributed by atoms with Crippen molar-refractivity contribution in [3.05, 3.63) is 0 Å². The minimum Gasteiger partial charge on any atom is -0.469 e. The van der Waals surface area contributed by atoms with Crippen LogP contribution in [0.15, 0.2) is 0 Å².